The lowest BCUT2D eigenvalue weighted by Crippen LogP contribution is -2.27. The zero-order valence-electron chi connectivity index (χ0n) is 15.7. The van der Waals surface area contributed by atoms with E-state index in [1.54, 1.807) is 0 Å². The minimum atomic E-state index is -4.64. The minimum Gasteiger partial charge on any atom is -0.478 e. The van der Waals surface area contributed by atoms with Gasteiger partial charge in [-0.2, -0.15) is 13.2 Å². The first-order valence-electron chi connectivity index (χ1n) is 8.33. The summed E-state index contributed by atoms with van der Waals surface area (Å²) in [4.78, 5) is 36.3. The molecule has 0 heterocycles. The number of amides is 2. The maximum absolute atomic E-state index is 13.0. The van der Waals surface area contributed by atoms with Crippen LogP contribution in [0.4, 0.5) is 29.3 Å². The van der Waals surface area contributed by atoms with E-state index in [1.807, 2.05) is 0 Å². The summed E-state index contributed by atoms with van der Waals surface area (Å²) >= 11 is 5.73. The van der Waals surface area contributed by atoms with Crippen molar-refractivity contribution in [3.8, 4) is 5.75 Å². The number of carboxylic acid groups (broad SMARTS) is 1. The van der Waals surface area contributed by atoms with Gasteiger partial charge in [0.25, 0.3) is 0 Å². The summed E-state index contributed by atoms with van der Waals surface area (Å²) in [5, 5.41) is 12.0. The maximum atomic E-state index is 13.0. The van der Waals surface area contributed by atoms with E-state index in [4.69, 9.17) is 16.3 Å². The fraction of sp³-hybridized carbons (Fsp3) is 0.211. The maximum Gasteiger partial charge on any atom is 0.417 e. The first kappa shape index (κ1) is 23.0. The van der Waals surface area contributed by atoms with Crippen molar-refractivity contribution >= 4 is 40.9 Å². The second-order valence-corrected chi connectivity index (χ2v) is 6.61. The normalized spacial score (nSPS) is 11.0. The van der Waals surface area contributed by atoms with E-state index in [2.05, 4.69) is 5.32 Å². The number of carbonyl (C=O) groups is 3. The second-order valence-electron chi connectivity index (χ2n) is 6.17. The highest BCUT2D eigenvalue weighted by atomic mass is 35.5. The number of carbonyl (C=O) groups excluding carboxylic acids is 2. The number of anilines is 2. The SMILES string of the molecule is CC(=O)N(C)c1cc(C(=O)O)c(NC(=O)Oc2ccc(Cl)cc2)cc1CC(F)(F)F. The number of hydrogen-bond acceptors (Lipinski definition) is 4. The van der Waals surface area contributed by atoms with Crippen molar-refractivity contribution in [2.24, 2.45) is 0 Å². The third kappa shape index (κ3) is 6.11. The van der Waals surface area contributed by atoms with Crippen LogP contribution in [0.5, 0.6) is 5.75 Å². The summed E-state index contributed by atoms with van der Waals surface area (Å²) < 4.78 is 44.0. The predicted molar refractivity (Wildman–Crippen MR) is 103 cm³/mol. The molecule has 0 aliphatic rings. The quantitative estimate of drug-likeness (QED) is 0.694. The molecule has 0 spiro atoms. The number of rotatable bonds is 5. The third-order valence-corrected chi connectivity index (χ3v) is 4.19. The molecule has 0 atom stereocenters. The van der Waals surface area contributed by atoms with Crippen molar-refractivity contribution in [2.75, 3.05) is 17.3 Å². The molecule has 0 aromatic heterocycles. The number of carboxylic acids is 1. The Bertz CT molecular complexity index is 977. The van der Waals surface area contributed by atoms with E-state index in [1.165, 1.54) is 31.3 Å². The molecule has 0 fully saturated rings. The van der Waals surface area contributed by atoms with Crippen molar-refractivity contribution < 1.29 is 37.4 Å². The Hall–Kier alpha value is -3.27. The smallest absolute Gasteiger partial charge is 0.417 e. The Morgan fingerprint density at radius 1 is 1.17 bits per heavy atom. The predicted octanol–water partition coefficient (Wildman–Crippen LogP) is 4.74. The second kappa shape index (κ2) is 9.04. The van der Waals surface area contributed by atoms with Crippen molar-refractivity contribution in [1.82, 2.24) is 0 Å². The van der Waals surface area contributed by atoms with Crippen LogP contribution in [0.3, 0.4) is 0 Å². The van der Waals surface area contributed by atoms with Crippen molar-refractivity contribution in [1.29, 1.82) is 0 Å². The van der Waals surface area contributed by atoms with Gasteiger partial charge < -0.3 is 14.7 Å². The molecule has 2 aromatic carbocycles. The first-order valence-corrected chi connectivity index (χ1v) is 8.71. The van der Waals surface area contributed by atoms with Crippen LogP contribution < -0.4 is 15.0 Å². The van der Waals surface area contributed by atoms with E-state index >= 15 is 0 Å². The molecule has 0 aliphatic carbocycles. The Kier molecular flexibility index (Phi) is 6.93. The molecule has 2 aromatic rings. The van der Waals surface area contributed by atoms with Crippen LogP contribution in [0.15, 0.2) is 36.4 Å². The average molecular weight is 445 g/mol. The van der Waals surface area contributed by atoms with Crippen LogP contribution >= 0.6 is 11.6 Å². The Balaban J connectivity index is 2.44. The van der Waals surface area contributed by atoms with Gasteiger partial charge in [-0.05, 0) is 42.0 Å². The summed E-state index contributed by atoms with van der Waals surface area (Å²) in [5.74, 6) is -2.04. The van der Waals surface area contributed by atoms with Crippen LogP contribution in [0, 0.1) is 0 Å². The number of alkyl halides is 3. The van der Waals surface area contributed by atoms with Crippen LogP contribution in [0.25, 0.3) is 0 Å². The van der Waals surface area contributed by atoms with Gasteiger partial charge in [-0.3, -0.25) is 10.1 Å². The van der Waals surface area contributed by atoms with Gasteiger partial charge in [-0.1, -0.05) is 11.6 Å². The number of halogens is 4. The van der Waals surface area contributed by atoms with Gasteiger partial charge in [0.2, 0.25) is 5.91 Å². The van der Waals surface area contributed by atoms with Crippen LogP contribution in [0.1, 0.15) is 22.8 Å². The topological polar surface area (TPSA) is 95.9 Å². The number of ether oxygens (including phenoxy) is 1. The summed E-state index contributed by atoms with van der Waals surface area (Å²) in [6, 6.07) is 7.39. The first-order chi connectivity index (χ1) is 13.9. The number of nitrogens with one attached hydrogen (secondary N) is 1. The zero-order valence-corrected chi connectivity index (χ0v) is 16.5. The van der Waals surface area contributed by atoms with E-state index in [-0.39, 0.29) is 11.4 Å². The molecule has 7 nitrogen and oxygen atoms in total. The highest BCUT2D eigenvalue weighted by Gasteiger charge is 2.31. The molecule has 0 bridgehead atoms. The molecular formula is C19H16ClF3N2O5. The van der Waals surface area contributed by atoms with Gasteiger partial charge in [-0.15, -0.1) is 0 Å². The van der Waals surface area contributed by atoms with Gasteiger partial charge in [0.05, 0.1) is 17.7 Å². The number of aromatic carboxylic acids is 1. The summed E-state index contributed by atoms with van der Waals surface area (Å²) in [6.45, 7) is 1.12. The average Bonchev–Trinajstić information content (AvgIpc) is 2.61. The van der Waals surface area contributed by atoms with Gasteiger partial charge in [-0.25, -0.2) is 9.59 Å². The Morgan fingerprint density at radius 2 is 1.77 bits per heavy atom. The fourth-order valence-electron chi connectivity index (χ4n) is 2.50. The molecule has 160 valence electrons. The summed E-state index contributed by atoms with van der Waals surface area (Å²) in [6.07, 6.45) is -7.20. The number of hydrogen-bond donors (Lipinski definition) is 2. The highest BCUT2D eigenvalue weighted by molar-refractivity contribution is 6.30. The van der Waals surface area contributed by atoms with Gasteiger partial charge in [0.1, 0.15) is 5.75 Å². The lowest BCUT2D eigenvalue weighted by atomic mass is 10.0. The fourth-order valence-corrected chi connectivity index (χ4v) is 2.62. The Labute approximate surface area is 174 Å². The standard InChI is InChI=1S/C19H16ClF3N2O5/c1-10(26)25(2)16-8-14(17(27)28)15(7-11(16)9-19(21,22)23)24-18(29)30-13-5-3-12(20)4-6-13/h3-8H,9H2,1-2H3,(H,24,29)(H,27,28). The van der Waals surface area contributed by atoms with E-state index in [0.29, 0.717) is 5.02 Å². The largest absolute Gasteiger partial charge is 0.478 e. The molecule has 11 heteroatoms. The molecule has 0 saturated heterocycles. The zero-order chi connectivity index (χ0) is 22.6. The van der Waals surface area contributed by atoms with Crippen molar-refractivity contribution in [3.05, 3.63) is 52.5 Å². The molecule has 0 radical (unpaired) electrons. The van der Waals surface area contributed by atoms with Crippen LogP contribution in [-0.2, 0) is 11.2 Å². The van der Waals surface area contributed by atoms with Gasteiger partial charge >= 0.3 is 18.2 Å². The monoisotopic (exact) mass is 444 g/mol. The number of benzene rings is 2. The molecule has 0 saturated carbocycles. The van der Waals surface area contributed by atoms with E-state index < -0.39 is 47.4 Å². The third-order valence-electron chi connectivity index (χ3n) is 3.93. The van der Waals surface area contributed by atoms with Gasteiger partial charge in [0.15, 0.2) is 0 Å². The molecule has 30 heavy (non-hydrogen) atoms. The summed E-state index contributed by atoms with van der Waals surface area (Å²) in [7, 11) is 1.21. The molecular weight excluding hydrogens is 429 g/mol. The lowest BCUT2D eigenvalue weighted by molar-refractivity contribution is -0.127. The van der Waals surface area contributed by atoms with Crippen LogP contribution in [0.2, 0.25) is 5.02 Å². The van der Waals surface area contributed by atoms with Crippen molar-refractivity contribution in [3.63, 3.8) is 0 Å². The van der Waals surface area contributed by atoms with E-state index in [9.17, 15) is 32.7 Å². The molecule has 0 aliphatic heterocycles. The minimum absolute atomic E-state index is 0.0808. The lowest BCUT2D eigenvalue weighted by Gasteiger charge is -2.22. The molecule has 2 rings (SSSR count). The van der Waals surface area contributed by atoms with Gasteiger partial charge in [0, 0.05) is 24.7 Å². The summed E-state index contributed by atoms with van der Waals surface area (Å²) in [5.41, 5.74) is -1.57. The number of nitrogens with zero attached hydrogens (tertiary/aromatic N) is 1. The van der Waals surface area contributed by atoms with Crippen LogP contribution in [-0.4, -0.2) is 36.3 Å². The van der Waals surface area contributed by atoms with Crippen molar-refractivity contribution in [2.45, 2.75) is 19.5 Å². The molecule has 0 unspecified atom stereocenters. The van der Waals surface area contributed by atoms with E-state index in [0.717, 1.165) is 24.0 Å². The highest BCUT2D eigenvalue weighted by Crippen LogP contribution is 2.33. The molecule has 2 amide bonds. The Morgan fingerprint density at radius 3 is 2.27 bits per heavy atom. The molecule has 2 N–H and O–H groups in total.